The van der Waals surface area contributed by atoms with Gasteiger partial charge in [0.15, 0.2) is 0 Å². The smallest absolute Gasteiger partial charge is 0.265 e. The molecule has 3 rings (SSSR count). The highest BCUT2D eigenvalue weighted by atomic mass is 79.9. The van der Waals surface area contributed by atoms with E-state index in [9.17, 15) is 18.3 Å². The molecule has 0 bridgehead atoms. The molecule has 0 unspecified atom stereocenters. The first-order chi connectivity index (χ1) is 9.28. The van der Waals surface area contributed by atoms with Gasteiger partial charge in [0.25, 0.3) is 6.43 Å². The number of hydrogen-bond acceptors (Lipinski definition) is 2. The average molecular weight is 349 g/mol. The molecule has 1 aromatic heterocycles. The molecule has 7 heteroatoms. The van der Waals surface area contributed by atoms with Gasteiger partial charge < -0.3 is 5.11 Å². The highest BCUT2D eigenvalue weighted by molar-refractivity contribution is 9.10. The second kappa shape index (κ2) is 4.46. The minimum atomic E-state index is -2.72. The molecule has 0 atom stereocenters. The van der Waals surface area contributed by atoms with Crippen molar-refractivity contribution in [3.63, 3.8) is 0 Å². The molecule has 3 nitrogen and oxygen atoms in total. The molecular weight excluding hydrogens is 337 g/mol. The summed E-state index contributed by atoms with van der Waals surface area (Å²) in [6, 6.07) is 2.47. The first-order valence-corrected chi connectivity index (χ1v) is 6.95. The fourth-order valence-corrected chi connectivity index (χ4v) is 3.27. The van der Waals surface area contributed by atoms with Crippen LogP contribution in [0.15, 0.2) is 16.6 Å². The maximum absolute atomic E-state index is 13.9. The van der Waals surface area contributed by atoms with Crippen molar-refractivity contribution >= 4 is 26.8 Å². The van der Waals surface area contributed by atoms with Crippen molar-refractivity contribution in [2.75, 3.05) is 0 Å². The molecule has 1 aliphatic carbocycles. The van der Waals surface area contributed by atoms with Gasteiger partial charge in [0.1, 0.15) is 0 Å². The Kier molecular flexibility index (Phi) is 3.10. The van der Waals surface area contributed by atoms with E-state index in [2.05, 4.69) is 21.0 Å². The highest BCUT2D eigenvalue weighted by Crippen LogP contribution is 2.43. The number of alkyl halides is 2. The van der Waals surface area contributed by atoms with E-state index < -0.39 is 18.0 Å². The molecule has 1 N–H and O–H groups in total. The lowest BCUT2D eigenvalue weighted by molar-refractivity contribution is -0.0534. The summed E-state index contributed by atoms with van der Waals surface area (Å²) in [6.07, 6.45) is -1.96. The van der Waals surface area contributed by atoms with Crippen LogP contribution < -0.4 is 0 Å². The standard InChI is InChI=1S/C13H12BrF3N2O/c1-13(20)4-7(5-13)19-10-8(11(15)16)2-6(14)3-9(10)12(17)18-19/h2-3,7,11,20H,4-5H2,1H3. The van der Waals surface area contributed by atoms with Crippen LogP contribution in [-0.2, 0) is 0 Å². The van der Waals surface area contributed by atoms with Crippen LogP contribution in [0.25, 0.3) is 10.9 Å². The van der Waals surface area contributed by atoms with E-state index in [0.717, 1.165) is 0 Å². The molecule has 2 aromatic rings. The van der Waals surface area contributed by atoms with Crippen LogP contribution in [0, 0.1) is 5.95 Å². The van der Waals surface area contributed by atoms with E-state index in [1.807, 2.05) is 0 Å². The third-order valence-corrected chi connectivity index (χ3v) is 4.14. The summed E-state index contributed by atoms with van der Waals surface area (Å²) in [5.74, 6) is -0.769. The zero-order valence-electron chi connectivity index (χ0n) is 10.6. The van der Waals surface area contributed by atoms with Crippen molar-refractivity contribution in [1.82, 2.24) is 9.78 Å². The van der Waals surface area contributed by atoms with E-state index in [1.54, 1.807) is 6.92 Å². The number of nitrogens with zero attached hydrogens (tertiary/aromatic N) is 2. The lowest BCUT2D eigenvalue weighted by atomic mass is 9.77. The van der Waals surface area contributed by atoms with Crippen LogP contribution in [0.5, 0.6) is 0 Å². The third kappa shape index (κ3) is 2.13. The van der Waals surface area contributed by atoms with Gasteiger partial charge in [0.05, 0.1) is 22.5 Å². The van der Waals surface area contributed by atoms with Gasteiger partial charge in [-0.2, -0.15) is 4.39 Å². The number of fused-ring (bicyclic) bond motifs is 1. The van der Waals surface area contributed by atoms with Gasteiger partial charge in [-0.15, -0.1) is 5.10 Å². The minimum absolute atomic E-state index is 0.0706. The van der Waals surface area contributed by atoms with Gasteiger partial charge in [-0.3, -0.25) is 4.68 Å². The first-order valence-electron chi connectivity index (χ1n) is 6.16. The fraction of sp³-hybridized carbons (Fsp3) is 0.462. The monoisotopic (exact) mass is 348 g/mol. The fourth-order valence-electron chi connectivity index (χ4n) is 2.79. The van der Waals surface area contributed by atoms with Crippen LogP contribution in [-0.4, -0.2) is 20.5 Å². The Balaban J connectivity index is 2.18. The summed E-state index contributed by atoms with van der Waals surface area (Å²) in [5, 5.41) is 13.6. The van der Waals surface area contributed by atoms with E-state index in [0.29, 0.717) is 17.3 Å². The first kappa shape index (κ1) is 13.9. The van der Waals surface area contributed by atoms with Crippen LogP contribution in [0.2, 0.25) is 0 Å². The predicted octanol–water partition coefficient (Wildman–Crippen LogP) is 3.96. The van der Waals surface area contributed by atoms with E-state index in [4.69, 9.17) is 0 Å². The number of aliphatic hydroxyl groups is 1. The second-order valence-electron chi connectivity index (χ2n) is 5.49. The summed E-state index contributed by atoms with van der Waals surface area (Å²) in [5.41, 5.74) is -0.974. The van der Waals surface area contributed by atoms with Crippen LogP contribution in [0.3, 0.4) is 0 Å². The van der Waals surface area contributed by atoms with E-state index >= 15 is 0 Å². The van der Waals surface area contributed by atoms with Gasteiger partial charge >= 0.3 is 0 Å². The van der Waals surface area contributed by atoms with E-state index in [1.165, 1.54) is 16.8 Å². The normalized spacial score (nSPS) is 26.2. The molecule has 1 aliphatic rings. The van der Waals surface area contributed by atoms with Gasteiger partial charge in [-0.05, 0) is 31.9 Å². The Morgan fingerprint density at radius 1 is 1.45 bits per heavy atom. The van der Waals surface area contributed by atoms with Crippen molar-refractivity contribution in [3.8, 4) is 0 Å². The van der Waals surface area contributed by atoms with Crippen molar-refractivity contribution in [1.29, 1.82) is 0 Å². The summed E-state index contributed by atoms with van der Waals surface area (Å²) < 4.78 is 41.9. The number of benzene rings is 1. The van der Waals surface area contributed by atoms with Crippen LogP contribution in [0.4, 0.5) is 13.2 Å². The number of rotatable bonds is 2. The summed E-state index contributed by atoms with van der Waals surface area (Å²) in [7, 11) is 0. The van der Waals surface area contributed by atoms with Crippen LogP contribution in [0.1, 0.15) is 37.8 Å². The van der Waals surface area contributed by atoms with Gasteiger partial charge in [0, 0.05) is 10.0 Å². The predicted molar refractivity (Wildman–Crippen MR) is 71.2 cm³/mol. The second-order valence-corrected chi connectivity index (χ2v) is 6.40. The maximum Gasteiger partial charge on any atom is 0.265 e. The highest BCUT2D eigenvalue weighted by Gasteiger charge is 2.41. The Morgan fingerprint density at radius 2 is 2.10 bits per heavy atom. The third-order valence-electron chi connectivity index (χ3n) is 3.68. The zero-order valence-corrected chi connectivity index (χ0v) is 12.2. The zero-order chi connectivity index (χ0) is 14.7. The molecule has 0 amide bonds. The summed E-state index contributed by atoms with van der Waals surface area (Å²) in [4.78, 5) is 0. The van der Waals surface area contributed by atoms with Gasteiger partial charge in [-0.1, -0.05) is 15.9 Å². The SMILES string of the molecule is CC1(O)CC(n2nc(F)c3cc(Br)cc(C(F)F)c32)C1. The minimum Gasteiger partial charge on any atom is -0.390 e. The van der Waals surface area contributed by atoms with Crippen molar-refractivity contribution in [3.05, 3.63) is 28.1 Å². The van der Waals surface area contributed by atoms with Crippen molar-refractivity contribution < 1.29 is 18.3 Å². The molecule has 1 saturated carbocycles. The molecule has 1 aromatic carbocycles. The lowest BCUT2D eigenvalue weighted by Crippen LogP contribution is -2.42. The lowest BCUT2D eigenvalue weighted by Gasteiger charge is -2.41. The molecule has 108 valence electrons. The molecule has 1 heterocycles. The quantitative estimate of drug-likeness (QED) is 0.891. The molecule has 0 saturated heterocycles. The molecule has 0 radical (unpaired) electrons. The van der Waals surface area contributed by atoms with Gasteiger partial charge in [-0.25, -0.2) is 8.78 Å². The maximum atomic E-state index is 13.9. The van der Waals surface area contributed by atoms with Crippen molar-refractivity contribution in [2.24, 2.45) is 0 Å². The van der Waals surface area contributed by atoms with Crippen molar-refractivity contribution in [2.45, 2.75) is 37.8 Å². The number of aromatic nitrogens is 2. The van der Waals surface area contributed by atoms with Gasteiger partial charge in [0.2, 0.25) is 5.95 Å². The Labute approximate surface area is 121 Å². The molecular formula is C13H12BrF3N2O. The number of halogens is 4. The largest absolute Gasteiger partial charge is 0.390 e. The van der Waals surface area contributed by atoms with E-state index in [-0.39, 0.29) is 22.5 Å². The molecule has 20 heavy (non-hydrogen) atoms. The Bertz CT molecular complexity index is 676. The molecule has 0 spiro atoms. The average Bonchev–Trinajstić information content (AvgIpc) is 2.62. The Hall–Kier alpha value is -1.08. The molecule has 1 fully saturated rings. The Morgan fingerprint density at radius 3 is 2.65 bits per heavy atom. The van der Waals surface area contributed by atoms with Crippen LogP contribution >= 0.6 is 15.9 Å². The molecule has 0 aliphatic heterocycles. The summed E-state index contributed by atoms with van der Waals surface area (Å²) in [6.45, 7) is 1.66. The topological polar surface area (TPSA) is 38.0 Å². The number of hydrogen-bond donors (Lipinski definition) is 1. The summed E-state index contributed by atoms with van der Waals surface area (Å²) >= 11 is 3.10.